The van der Waals surface area contributed by atoms with Gasteiger partial charge in [0.05, 0.1) is 29.7 Å². The van der Waals surface area contributed by atoms with Crippen molar-refractivity contribution < 1.29 is 24.3 Å². The molecule has 0 unspecified atom stereocenters. The summed E-state index contributed by atoms with van der Waals surface area (Å²) in [6.07, 6.45) is 2.23. The van der Waals surface area contributed by atoms with Crippen LogP contribution in [0.25, 0.3) is 0 Å². The van der Waals surface area contributed by atoms with Crippen LogP contribution in [0.2, 0.25) is 0 Å². The van der Waals surface area contributed by atoms with Crippen LogP contribution in [0.5, 0.6) is 5.75 Å². The van der Waals surface area contributed by atoms with Crippen molar-refractivity contribution >= 4 is 17.3 Å². The van der Waals surface area contributed by atoms with E-state index in [4.69, 9.17) is 9.47 Å². The number of nitro benzene ring substituents is 1. The lowest BCUT2D eigenvalue weighted by atomic mass is 10.00. The zero-order valence-corrected chi connectivity index (χ0v) is 20.5. The Morgan fingerprint density at radius 3 is 2.71 bits per heavy atom. The summed E-state index contributed by atoms with van der Waals surface area (Å²) in [5.74, 6) is 0.344. The monoisotopic (exact) mass is 485 g/mol. The number of anilines is 1. The number of unbranched alkanes of at least 4 members (excludes halogenated alkanes) is 1. The van der Waals surface area contributed by atoms with Gasteiger partial charge in [-0.1, -0.05) is 51.8 Å². The van der Waals surface area contributed by atoms with Gasteiger partial charge in [0.25, 0.3) is 11.6 Å². The highest BCUT2D eigenvalue weighted by molar-refractivity contribution is 6.00. The van der Waals surface area contributed by atoms with Gasteiger partial charge in [0.1, 0.15) is 5.75 Å². The minimum atomic E-state index is -0.530. The molecule has 9 nitrogen and oxygen atoms in total. The van der Waals surface area contributed by atoms with Gasteiger partial charge in [-0.25, -0.2) is 0 Å². The molecule has 0 spiro atoms. The number of nitro groups is 1. The third-order valence-electron chi connectivity index (χ3n) is 6.26. The molecule has 9 heteroatoms. The Labute approximate surface area is 206 Å². The minimum absolute atomic E-state index is 0.0907. The van der Waals surface area contributed by atoms with E-state index in [1.54, 1.807) is 0 Å². The number of fused-ring (bicyclic) bond motifs is 1. The molecule has 0 saturated heterocycles. The van der Waals surface area contributed by atoms with Crippen molar-refractivity contribution in [1.29, 1.82) is 0 Å². The quantitative estimate of drug-likeness (QED) is 0.299. The van der Waals surface area contributed by atoms with Gasteiger partial charge in [-0.05, 0) is 24.5 Å². The van der Waals surface area contributed by atoms with Crippen LogP contribution in [0.4, 0.5) is 11.4 Å². The number of amides is 1. The average molecular weight is 486 g/mol. The van der Waals surface area contributed by atoms with Crippen molar-refractivity contribution in [1.82, 2.24) is 5.32 Å². The summed E-state index contributed by atoms with van der Waals surface area (Å²) in [4.78, 5) is 24.0. The van der Waals surface area contributed by atoms with Crippen LogP contribution in [-0.4, -0.2) is 41.4 Å². The van der Waals surface area contributed by atoms with Crippen LogP contribution < -0.4 is 15.4 Å². The van der Waals surface area contributed by atoms with Gasteiger partial charge >= 0.3 is 0 Å². The first-order valence-electron chi connectivity index (χ1n) is 12.1. The molecule has 2 aromatic carbocycles. The molecule has 0 bridgehead atoms. The highest BCUT2D eigenvalue weighted by atomic mass is 16.7. The number of para-hydroxylation sites is 1. The fraction of sp³-hybridized carbons (Fsp3) is 0.500. The van der Waals surface area contributed by atoms with Crippen molar-refractivity contribution in [3.63, 3.8) is 0 Å². The maximum absolute atomic E-state index is 13.2. The SMILES string of the molecule is CCCC[C@@H](CNC(=O)c1cc([N+](=O)[O-])ccc1N[C@H](CO)C(C)C)[C@H]1OCc2ccccc2O1. The largest absolute Gasteiger partial charge is 0.464 e. The summed E-state index contributed by atoms with van der Waals surface area (Å²) >= 11 is 0. The fourth-order valence-corrected chi connectivity index (χ4v) is 4.00. The second-order valence-electron chi connectivity index (χ2n) is 9.18. The molecule has 3 atom stereocenters. The Morgan fingerprint density at radius 1 is 1.26 bits per heavy atom. The van der Waals surface area contributed by atoms with E-state index in [0.29, 0.717) is 18.8 Å². The van der Waals surface area contributed by atoms with Crippen LogP contribution in [0.1, 0.15) is 56.0 Å². The van der Waals surface area contributed by atoms with Crippen LogP contribution in [0, 0.1) is 22.0 Å². The van der Waals surface area contributed by atoms with Gasteiger partial charge < -0.3 is 25.2 Å². The molecule has 0 radical (unpaired) electrons. The van der Waals surface area contributed by atoms with Crippen molar-refractivity contribution in [2.75, 3.05) is 18.5 Å². The number of carbonyl (C=O) groups excluding carboxylic acids is 1. The second-order valence-corrected chi connectivity index (χ2v) is 9.18. The number of carbonyl (C=O) groups is 1. The fourth-order valence-electron chi connectivity index (χ4n) is 4.00. The first-order valence-corrected chi connectivity index (χ1v) is 12.1. The number of benzene rings is 2. The summed E-state index contributed by atoms with van der Waals surface area (Å²) in [6, 6.07) is 11.5. The zero-order chi connectivity index (χ0) is 25.4. The lowest BCUT2D eigenvalue weighted by molar-refractivity contribution is -0.384. The number of hydrogen-bond acceptors (Lipinski definition) is 7. The standard InChI is InChI=1S/C26H35N3O6/c1-4-5-8-18(26-34-16-19-9-6-7-10-24(19)35-26)14-27-25(31)21-13-20(29(32)33)11-12-22(21)28-23(15-30)17(2)3/h6-7,9-13,17-18,23,26,28,30H,4-5,8,14-16H2,1-3H3,(H,27,31)/t18-,23+,26-/m0/s1. The molecule has 3 N–H and O–H groups in total. The Morgan fingerprint density at radius 2 is 2.03 bits per heavy atom. The summed E-state index contributed by atoms with van der Waals surface area (Å²) in [5.41, 5.74) is 1.40. The Bertz CT molecular complexity index is 1010. The van der Waals surface area contributed by atoms with Crippen LogP contribution in [0.3, 0.4) is 0 Å². The first-order chi connectivity index (χ1) is 16.8. The van der Waals surface area contributed by atoms with E-state index in [0.717, 1.165) is 30.6 Å². The Hall–Kier alpha value is -3.17. The maximum atomic E-state index is 13.2. The average Bonchev–Trinajstić information content (AvgIpc) is 2.86. The van der Waals surface area contributed by atoms with Gasteiger partial charge in [0, 0.05) is 35.8 Å². The number of nitrogens with zero attached hydrogens (tertiary/aromatic N) is 1. The zero-order valence-electron chi connectivity index (χ0n) is 20.5. The number of rotatable bonds is 12. The Balaban J connectivity index is 1.77. The summed E-state index contributed by atoms with van der Waals surface area (Å²) < 4.78 is 12.1. The number of hydrogen-bond donors (Lipinski definition) is 3. The van der Waals surface area contributed by atoms with Gasteiger partial charge in [-0.3, -0.25) is 14.9 Å². The van der Waals surface area contributed by atoms with Crippen molar-refractivity contribution in [3.05, 3.63) is 63.7 Å². The van der Waals surface area contributed by atoms with Gasteiger partial charge in [0.2, 0.25) is 6.29 Å². The summed E-state index contributed by atoms with van der Waals surface area (Å²) in [5, 5.41) is 27.1. The molecule has 2 aromatic rings. The van der Waals surface area contributed by atoms with Crippen LogP contribution >= 0.6 is 0 Å². The molecule has 190 valence electrons. The number of aliphatic hydroxyl groups excluding tert-OH is 1. The highest BCUT2D eigenvalue weighted by Crippen LogP contribution is 2.30. The molecular weight excluding hydrogens is 450 g/mol. The highest BCUT2D eigenvalue weighted by Gasteiger charge is 2.29. The number of non-ortho nitro benzene ring substituents is 1. The molecule has 0 fully saturated rings. The summed E-state index contributed by atoms with van der Waals surface area (Å²) in [6.45, 7) is 6.59. The van der Waals surface area contributed by atoms with E-state index >= 15 is 0 Å². The van der Waals surface area contributed by atoms with Crippen molar-refractivity contribution in [2.24, 2.45) is 11.8 Å². The smallest absolute Gasteiger partial charge is 0.270 e. The Kier molecular flexibility index (Phi) is 9.45. The van der Waals surface area contributed by atoms with Crippen molar-refractivity contribution in [2.45, 2.75) is 59.0 Å². The van der Waals surface area contributed by atoms with Gasteiger partial charge in [-0.2, -0.15) is 0 Å². The maximum Gasteiger partial charge on any atom is 0.270 e. The minimum Gasteiger partial charge on any atom is -0.464 e. The van der Waals surface area contributed by atoms with Gasteiger partial charge in [-0.15, -0.1) is 0 Å². The topological polar surface area (TPSA) is 123 Å². The molecule has 1 amide bonds. The third kappa shape index (κ3) is 6.93. The van der Waals surface area contributed by atoms with Crippen LogP contribution in [0.15, 0.2) is 42.5 Å². The molecule has 3 rings (SSSR count). The van der Waals surface area contributed by atoms with E-state index < -0.39 is 17.1 Å². The van der Waals surface area contributed by atoms with E-state index in [1.807, 2.05) is 38.1 Å². The van der Waals surface area contributed by atoms with E-state index in [2.05, 4.69) is 17.6 Å². The van der Waals surface area contributed by atoms with Gasteiger partial charge in [0.15, 0.2) is 0 Å². The van der Waals surface area contributed by atoms with E-state index in [-0.39, 0.29) is 35.7 Å². The molecule has 0 aliphatic carbocycles. The van der Waals surface area contributed by atoms with Crippen molar-refractivity contribution in [3.8, 4) is 5.75 Å². The molecule has 1 aliphatic rings. The molecule has 35 heavy (non-hydrogen) atoms. The lowest BCUT2D eigenvalue weighted by Gasteiger charge is -2.32. The van der Waals surface area contributed by atoms with E-state index in [1.165, 1.54) is 18.2 Å². The van der Waals surface area contributed by atoms with Crippen LogP contribution in [-0.2, 0) is 11.3 Å². The lowest BCUT2D eigenvalue weighted by Crippen LogP contribution is -2.41. The second kappa shape index (κ2) is 12.5. The molecule has 1 aliphatic heterocycles. The first kappa shape index (κ1) is 26.4. The van der Waals surface area contributed by atoms with E-state index in [9.17, 15) is 20.0 Å². The predicted octanol–water partition coefficient (Wildman–Crippen LogP) is 4.50. The number of aliphatic hydroxyl groups is 1. The summed E-state index contributed by atoms with van der Waals surface area (Å²) in [7, 11) is 0. The predicted molar refractivity (Wildman–Crippen MR) is 133 cm³/mol. The molecule has 0 saturated carbocycles. The molecule has 0 aromatic heterocycles. The molecular formula is C26H35N3O6. The number of nitrogens with one attached hydrogen (secondary N) is 2. The third-order valence-corrected chi connectivity index (χ3v) is 6.26. The molecule has 1 heterocycles. The number of ether oxygens (including phenoxy) is 2. The normalized spacial score (nSPS) is 16.7.